The highest BCUT2D eigenvalue weighted by molar-refractivity contribution is 5.92. The molecule has 1 aliphatic heterocycles. The molecule has 1 aliphatic rings. The summed E-state index contributed by atoms with van der Waals surface area (Å²) in [5.41, 5.74) is 0.778. The molecular weight excluding hydrogens is 290 g/mol. The van der Waals surface area contributed by atoms with Crippen molar-refractivity contribution >= 4 is 24.0 Å². The Morgan fingerprint density at radius 2 is 2.29 bits per heavy atom. The molecule has 1 heterocycles. The van der Waals surface area contributed by atoms with Crippen LogP contribution in [0.1, 0.15) is 6.42 Å². The minimum Gasteiger partial charge on any atom is -0.497 e. The molecular formula is C15H24ClN3O2. The maximum absolute atomic E-state index is 12.0. The first-order valence-corrected chi connectivity index (χ1v) is 7.02. The number of halogens is 1. The van der Waals surface area contributed by atoms with Gasteiger partial charge in [0.1, 0.15) is 5.75 Å². The Bertz CT molecular complexity index is 456. The van der Waals surface area contributed by atoms with Gasteiger partial charge in [0, 0.05) is 18.3 Å². The summed E-state index contributed by atoms with van der Waals surface area (Å²) >= 11 is 0. The van der Waals surface area contributed by atoms with Crippen LogP contribution in [0.5, 0.6) is 5.75 Å². The van der Waals surface area contributed by atoms with Crippen molar-refractivity contribution in [1.82, 2.24) is 10.2 Å². The lowest BCUT2D eigenvalue weighted by molar-refractivity contribution is -0.117. The number of carbonyl (C=O) groups is 1. The number of rotatable bonds is 6. The van der Waals surface area contributed by atoms with Crippen LogP contribution >= 0.6 is 12.4 Å². The van der Waals surface area contributed by atoms with Crippen molar-refractivity contribution in [2.75, 3.05) is 45.7 Å². The summed E-state index contributed by atoms with van der Waals surface area (Å²) in [6.07, 6.45) is 1.16. The number of nitrogens with zero attached hydrogens (tertiary/aromatic N) is 1. The number of nitrogens with one attached hydrogen (secondary N) is 2. The van der Waals surface area contributed by atoms with Gasteiger partial charge in [-0.15, -0.1) is 12.4 Å². The first-order chi connectivity index (χ1) is 9.71. The molecule has 2 N–H and O–H groups in total. The van der Waals surface area contributed by atoms with Gasteiger partial charge < -0.3 is 15.4 Å². The normalized spacial score (nSPS) is 18.1. The highest BCUT2D eigenvalue weighted by atomic mass is 35.5. The quantitative estimate of drug-likeness (QED) is 0.837. The smallest absolute Gasteiger partial charge is 0.238 e. The third kappa shape index (κ3) is 5.53. The molecule has 1 amide bonds. The van der Waals surface area contributed by atoms with Crippen LogP contribution in [0.25, 0.3) is 0 Å². The molecule has 118 valence electrons. The monoisotopic (exact) mass is 313 g/mol. The predicted molar refractivity (Wildman–Crippen MR) is 87.3 cm³/mol. The fourth-order valence-corrected chi connectivity index (χ4v) is 2.62. The number of hydrogen-bond donors (Lipinski definition) is 2. The van der Waals surface area contributed by atoms with Gasteiger partial charge in [0.05, 0.1) is 13.7 Å². The van der Waals surface area contributed by atoms with Crippen molar-refractivity contribution in [1.29, 1.82) is 0 Å². The van der Waals surface area contributed by atoms with Crippen molar-refractivity contribution in [3.05, 3.63) is 24.3 Å². The largest absolute Gasteiger partial charge is 0.497 e. The molecule has 21 heavy (non-hydrogen) atoms. The fourth-order valence-electron chi connectivity index (χ4n) is 2.62. The maximum Gasteiger partial charge on any atom is 0.238 e. The molecule has 1 fully saturated rings. The van der Waals surface area contributed by atoms with E-state index in [1.807, 2.05) is 31.3 Å². The number of methoxy groups -OCH3 is 1. The lowest BCUT2D eigenvalue weighted by Gasteiger charge is -2.15. The first kappa shape index (κ1) is 17.8. The van der Waals surface area contributed by atoms with Crippen molar-refractivity contribution < 1.29 is 9.53 Å². The molecule has 0 bridgehead atoms. The Labute approximate surface area is 132 Å². The van der Waals surface area contributed by atoms with E-state index in [0.717, 1.165) is 37.5 Å². The Balaban J connectivity index is 0.00000220. The lowest BCUT2D eigenvalue weighted by atomic mass is 10.1. The second-order valence-electron chi connectivity index (χ2n) is 5.23. The van der Waals surface area contributed by atoms with Crippen LogP contribution in [0.2, 0.25) is 0 Å². The molecule has 1 aromatic rings. The van der Waals surface area contributed by atoms with Gasteiger partial charge in [0.25, 0.3) is 0 Å². The number of ether oxygens (including phenoxy) is 1. The van der Waals surface area contributed by atoms with E-state index < -0.39 is 0 Å². The van der Waals surface area contributed by atoms with Gasteiger partial charge in [0.2, 0.25) is 5.91 Å². The van der Waals surface area contributed by atoms with Crippen molar-refractivity contribution in [3.63, 3.8) is 0 Å². The molecule has 1 saturated heterocycles. The van der Waals surface area contributed by atoms with E-state index in [2.05, 4.69) is 15.5 Å². The van der Waals surface area contributed by atoms with Crippen molar-refractivity contribution in [2.24, 2.45) is 5.92 Å². The van der Waals surface area contributed by atoms with Gasteiger partial charge in [-0.1, -0.05) is 6.07 Å². The Morgan fingerprint density at radius 1 is 1.48 bits per heavy atom. The second-order valence-corrected chi connectivity index (χ2v) is 5.23. The fraction of sp³-hybridized carbons (Fsp3) is 0.533. The number of anilines is 1. The highest BCUT2D eigenvalue weighted by Crippen LogP contribution is 2.18. The van der Waals surface area contributed by atoms with E-state index in [-0.39, 0.29) is 18.3 Å². The topological polar surface area (TPSA) is 53.6 Å². The predicted octanol–water partition coefficient (Wildman–Crippen LogP) is 1.60. The van der Waals surface area contributed by atoms with E-state index >= 15 is 0 Å². The molecule has 0 aromatic heterocycles. The van der Waals surface area contributed by atoms with Crippen LogP contribution in [-0.4, -0.2) is 51.1 Å². The highest BCUT2D eigenvalue weighted by Gasteiger charge is 2.23. The van der Waals surface area contributed by atoms with Gasteiger partial charge in [-0.25, -0.2) is 0 Å². The van der Waals surface area contributed by atoms with Crippen molar-refractivity contribution in [2.45, 2.75) is 6.42 Å². The van der Waals surface area contributed by atoms with Gasteiger partial charge in [-0.2, -0.15) is 0 Å². The molecule has 0 radical (unpaired) electrons. The third-order valence-electron chi connectivity index (χ3n) is 3.58. The summed E-state index contributed by atoms with van der Waals surface area (Å²) < 4.78 is 5.14. The van der Waals surface area contributed by atoms with Crippen LogP contribution in [-0.2, 0) is 4.79 Å². The van der Waals surface area contributed by atoms with Gasteiger partial charge in [-0.3, -0.25) is 9.69 Å². The van der Waals surface area contributed by atoms with E-state index in [4.69, 9.17) is 4.74 Å². The summed E-state index contributed by atoms with van der Waals surface area (Å²) in [4.78, 5) is 14.2. The van der Waals surface area contributed by atoms with Gasteiger partial charge in [0.15, 0.2) is 0 Å². The average molecular weight is 314 g/mol. The number of benzene rings is 1. The Hall–Kier alpha value is -1.30. The van der Waals surface area contributed by atoms with E-state index in [9.17, 15) is 4.79 Å². The third-order valence-corrected chi connectivity index (χ3v) is 3.58. The average Bonchev–Trinajstić information content (AvgIpc) is 2.86. The standard InChI is InChI=1S/C15H23N3O2.ClH/c1-16-9-12-6-7-18(10-12)11-15(19)17-13-4-3-5-14(8-13)20-2;/h3-5,8,12,16H,6-7,9-11H2,1-2H3,(H,17,19);1H. The first-order valence-electron chi connectivity index (χ1n) is 7.02. The molecule has 6 heteroatoms. The number of amides is 1. The maximum atomic E-state index is 12.0. The number of carbonyl (C=O) groups excluding carboxylic acids is 1. The zero-order chi connectivity index (χ0) is 14.4. The van der Waals surface area contributed by atoms with E-state index in [1.54, 1.807) is 7.11 Å². The SMILES string of the molecule is CNCC1CCN(CC(=O)Nc2cccc(OC)c2)C1.Cl. The van der Waals surface area contributed by atoms with Crippen LogP contribution in [0, 0.1) is 5.92 Å². The molecule has 1 unspecified atom stereocenters. The summed E-state index contributed by atoms with van der Waals surface area (Å²) in [7, 11) is 3.59. The Morgan fingerprint density at radius 3 is 3.00 bits per heavy atom. The zero-order valence-corrected chi connectivity index (χ0v) is 13.4. The summed E-state index contributed by atoms with van der Waals surface area (Å²) in [5, 5.41) is 6.11. The van der Waals surface area contributed by atoms with Gasteiger partial charge in [-0.05, 0) is 44.6 Å². The van der Waals surface area contributed by atoms with E-state index in [1.165, 1.54) is 0 Å². The van der Waals surface area contributed by atoms with Crippen LogP contribution in [0.3, 0.4) is 0 Å². The summed E-state index contributed by atoms with van der Waals surface area (Å²) in [6, 6.07) is 7.42. The van der Waals surface area contributed by atoms with Crippen LogP contribution in [0.4, 0.5) is 5.69 Å². The Kier molecular flexibility index (Phi) is 7.50. The molecule has 5 nitrogen and oxygen atoms in total. The van der Waals surface area contributed by atoms with Gasteiger partial charge >= 0.3 is 0 Å². The molecule has 0 aliphatic carbocycles. The van der Waals surface area contributed by atoms with Crippen LogP contribution < -0.4 is 15.4 Å². The molecule has 2 rings (SSSR count). The number of likely N-dealkylation sites (tertiary alicyclic amines) is 1. The summed E-state index contributed by atoms with van der Waals surface area (Å²) in [5.74, 6) is 1.44. The molecule has 1 aromatic carbocycles. The molecule has 0 spiro atoms. The second kappa shape index (κ2) is 8.87. The van der Waals surface area contributed by atoms with E-state index in [0.29, 0.717) is 12.5 Å². The lowest BCUT2D eigenvalue weighted by Crippen LogP contribution is -2.32. The minimum absolute atomic E-state index is 0. The summed E-state index contributed by atoms with van der Waals surface area (Å²) in [6.45, 7) is 3.47. The minimum atomic E-state index is 0. The number of hydrogen-bond acceptors (Lipinski definition) is 4. The molecule has 0 saturated carbocycles. The molecule has 1 atom stereocenters. The zero-order valence-electron chi connectivity index (χ0n) is 12.6. The van der Waals surface area contributed by atoms with Crippen LogP contribution in [0.15, 0.2) is 24.3 Å². The van der Waals surface area contributed by atoms with Crippen molar-refractivity contribution in [3.8, 4) is 5.75 Å².